The third-order valence-corrected chi connectivity index (χ3v) is 2.23. The van der Waals surface area contributed by atoms with Crippen molar-refractivity contribution in [2.45, 2.75) is 6.42 Å². The van der Waals surface area contributed by atoms with Crippen molar-refractivity contribution >= 4 is 23.1 Å². The van der Waals surface area contributed by atoms with Gasteiger partial charge in [-0.2, -0.15) is 0 Å². The third-order valence-electron chi connectivity index (χ3n) is 2.04. The summed E-state index contributed by atoms with van der Waals surface area (Å²) in [5.74, 6) is 1.61. The van der Waals surface area contributed by atoms with Gasteiger partial charge in [0.2, 0.25) is 0 Å². The van der Waals surface area contributed by atoms with Crippen LogP contribution >= 0.6 is 11.6 Å². The average molecular weight is 238 g/mol. The number of hydrogen-bond donors (Lipinski definition) is 3. The maximum absolute atomic E-state index is 5.78. The van der Waals surface area contributed by atoms with Gasteiger partial charge in [0.1, 0.15) is 16.8 Å². The zero-order valence-electron chi connectivity index (χ0n) is 8.57. The molecule has 0 aliphatic rings. The van der Waals surface area contributed by atoms with Gasteiger partial charge < -0.3 is 16.0 Å². The Hall–Kier alpha value is -1.75. The van der Waals surface area contributed by atoms with E-state index < -0.39 is 0 Å². The van der Waals surface area contributed by atoms with Crippen LogP contribution in [0.15, 0.2) is 24.5 Å². The molecule has 0 aromatic carbocycles. The van der Waals surface area contributed by atoms with Crippen LogP contribution in [0.4, 0.5) is 11.5 Å². The Balaban J connectivity index is 1.89. The third kappa shape index (κ3) is 2.87. The van der Waals surface area contributed by atoms with Crippen LogP contribution in [0.5, 0.6) is 0 Å². The lowest BCUT2D eigenvalue weighted by atomic mass is 10.3. The first-order chi connectivity index (χ1) is 7.74. The van der Waals surface area contributed by atoms with Gasteiger partial charge >= 0.3 is 0 Å². The molecule has 0 amide bonds. The zero-order valence-corrected chi connectivity index (χ0v) is 9.33. The van der Waals surface area contributed by atoms with Crippen molar-refractivity contribution in [3.8, 4) is 0 Å². The van der Waals surface area contributed by atoms with Crippen molar-refractivity contribution in [1.82, 2.24) is 15.0 Å². The van der Waals surface area contributed by atoms with Crippen molar-refractivity contribution in [3.63, 3.8) is 0 Å². The molecule has 0 spiro atoms. The minimum atomic E-state index is 0.389. The van der Waals surface area contributed by atoms with Crippen LogP contribution in [-0.2, 0) is 6.42 Å². The van der Waals surface area contributed by atoms with E-state index in [1.807, 2.05) is 0 Å². The maximum atomic E-state index is 5.78. The van der Waals surface area contributed by atoms with E-state index in [1.54, 1.807) is 24.5 Å². The fourth-order valence-electron chi connectivity index (χ4n) is 1.35. The predicted octanol–water partition coefficient (Wildman–Crippen LogP) is 1.69. The van der Waals surface area contributed by atoms with Crippen LogP contribution in [0.1, 0.15) is 5.82 Å². The number of imidazole rings is 1. The first-order valence-electron chi connectivity index (χ1n) is 4.89. The highest BCUT2D eigenvalue weighted by molar-refractivity contribution is 6.29. The SMILES string of the molecule is Nc1cc(Cl)nc(NCCc2ncc[nH]2)c1. The molecule has 0 aliphatic carbocycles. The summed E-state index contributed by atoms with van der Waals surface area (Å²) >= 11 is 5.78. The highest BCUT2D eigenvalue weighted by Crippen LogP contribution is 2.15. The summed E-state index contributed by atoms with van der Waals surface area (Å²) in [6.07, 6.45) is 4.32. The molecule has 0 bridgehead atoms. The molecule has 2 aromatic heterocycles. The van der Waals surface area contributed by atoms with Gasteiger partial charge in [0.25, 0.3) is 0 Å². The Morgan fingerprint density at radius 2 is 2.31 bits per heavy atom. The molecule has 0 unspecified atom stereocenters. The quantitative estimate of drug-likeness (QED) is 0.707. The van der Waals surface area contributed by atoms with Crippen molar-refractivity contribution in [2.24, 2.45) is 0 Å². The molecule has 2 aromatic rings. The number of hydrogen-bond acceptors (Lipinski definition) is 4. The first kappa shape index (κ1) is 10.8. The fourth-order valence-corrected chi connectivity index (χ4v) is 1.57. The van der Waals surface area contributed by atoms with Crippen LogP contribution < -0.4 is 11.1 Å². The summed E-state index contributed by atoms with van der Waals surface area (Å²) < 4.78 is 0. The summed E-state index contributed by atoms with van der Waals surface area (Å²) in [6.45, 7) is 0.723. The van der Waals surface area contributed by atoms with Gasteiger partial charge in [-0.05, 0) is 6.07 Å². The molecule has 5 nitrogen and oxygen atoms in total. The molecule has 0 atom stereocenters. The van der Waals surface area contributed by atoms with Gasteiger partial charge in [-0.1, -0.05) is 11.6 Å². The molecular formula is C10H12ClN5. The lowest BCUT2D eigenvalue weighted by Gasteiger charge is -2.05. The number of anilines is 2. The van der Waals surface area contributed by atoms with Crippen LogP contribution in [-0.4, -0.2) is 21.5 Å². The van der Waals surface area contributed by atoms with E-state index in [4.69, 9.17) is 17.3 Å². The molecule has 84 valence electrons. The number of pyridine rings is 1. The number of H-pyrrole nitrogens is 1. The standard InChI is InChI=1S/C10H12ClN5/c11-8-5-7(12)6-10(16-8)13-2-1-9-14-3-4-15-9/h3-6H,1-2H2,(H,14,15)(H3,12,13,16). The van der Waals surface area contributed by atoms with Crippen LogP contribution in [0.2, 0.25) is 5.15 Å². The normalized spacial score (nSPS) is 10.3. The Morgan fingerprint density at radius 1 is 1.44 bits per heavy atom. The van der Waals surface area contributed by atoms with Gasteiger partial charge in [-0.3, -0.25) is 0 Å². The van der Waals surface area contributed by atoms with E-state index in [0.29, 0.717) is 16.7 Å². The highest BCUT2D eigenvalue weighted by Gasteiger charge is 1.99. The summed E-state index contributed by atoms with van der Waals surface area (Å²) in [5, 5.41) is 3.52. The number of rotatable bonds is 4. The second-order valence-corrected chi connectivity index (χ2v) is 3.71. The maximum Gasteiger partial charge on any atom is 0.133 e. The number of aromatic amines is 1. The summed E-state index contributed by atoms with van der Waals surface area (Å²) in [5.41, 5.74) is 6.24. The summed E-state index contributed by atoms with van der Waals surface area (Å²) in [6, 6.07) is 3.35. The predicted molar refractivity (Wildman–Crippen MR) is 64.4 cm³/mol. The van der Waals surface area contributed by atoms with Crippen molar-refractivity contribution < 1.29 is 0 Å². The van der Waals surface area contributed by atoms with E-state index in [9.17, 15) is 0 Å². The molecule has 6 heteroatoms. The number of nitrogen functional groups attached to an aromatic ring is 1. The summed E-state index contributed by atoms with van der Waals surface area (Å²) in [7, 11) is 0. The Labute approximate surface area is 98.1 Å². The second kappa shape index (κ2) is 4.85. The molecular weight excluding hydrogens is 226 g/mol. The number of aromatic nitrogens is 3. The molecule has 2 heterocycles. The van der Waals surface area contributed by atoms with Gasteiger partial charge in [0, 0.05) is 37.1 Å². The number of nitrogens with two attached hydrogens (primary N) is 1. The largest absolute Gasteiger partial charge is 0.399 e. The highest BCUT2D eigenvalue weighted by atomic mass is 35.5. The molecule has 0 saturated carbocycles. The number of nitrogens with zero attached hydrogens (tertiary/aromatic N) is 2. The second-order valence-electron chi connectivity index (χ2n) is 3.32. The minimum Gasteiger partial charge on any atom is -0.399 e. The fraction of sp³-hybridized carbons (Fsp3) is 0.200. The molecule has 4 N–H and O–H groups in total. The topological polar surface area (TPSA) is 79.6 Å². The zero-order chi connectivity index (χ0) is 11.4. The van der Waals surface area contributed by atoms with Crippen LogP contribution in [0.25, 0.3) is 0 Å². The van der Waals surface area contributed by atoms with Gasteiger partial charge in [0.15, 0.2) is 0 Å². The van der Waals surface area contributed by atoms with Gasteiger partial charge in [-0.25, -0.2) is 9.97 Å². The lowest BCUT2D eigenvalue weighted by molar-refractivity contribution is 0.922. The van der Waals surface area contributed by atoms with Crippen molar-refractivity contribution in [2.75, 3.05) is 17.6 Å². The lowest BCUT2D eigenvalue weighted by Crippen LogP contribution is -2.07. The number of halogens is 1. The smallest absolute Gasteiger partial charge is 0.133 e. The monoisotopic (exact) mass is 237 g/mol. The van der Waals surface area contributed by atoms with Crippen LogP contribution in [0, 0.1) is 0 Å². The molecule has 0 radical (unpaired) electrons. The van der Waals surface area contributed by atoms with Gasteiger partial charge in [-0.15, -0.1) is 0 Å². The summed E-state index contributed by atoms with van der Waals surface area (Å²) in [4.78, 5) is 11.2. The van der Waals surface area contributed by atoms with E-state index in [2.05, 4.69) is 20.3 Å². The van der Waals surface area contributed by atoms with E-state index in [1.165, 1.54) is 0 Å². The molecule has 0 fully saturated rings. The molecule has 16 heavy (non-hydrogen) atoms. The van der Waals surface area contributed by atoms with Crippen LogP contribution in [0.3, 0.4) is 0 Å². The minimum absolute atomic E-state index is 0.389. The first-order valence-corrected chi connectivity index (χ1v) is 5.27. The Kier molecular flexibility index (Phi) is 3.26. The average Bonchev–Trinajstić information content (AvgIpc) is 2.69. The molecule has 0 saturated heterocycles. The van der Waals surface area contributed by atoms with Gasteiger partial charge in [0.05, 0.1) is 0 Å². The van der Waals surface area contributed by atoms with E-state index in [0.717, 1.165) is 18.8 Å². The molecule has 2 rings (SSSR count). The Morgan fingerprint density at radius 3 is 3.00 bits per heavy atom. The number of nitrogens with one attached hydrogen (secondary N) is 2. The van der Waals surface area contributed by atoms with Crippen molar-refractivity contribution in [3.05, 3.63) is 35.5 Å². The van der Waals surface area contributed by atoms with Crippen molar-refractivity contribution in [1.29, 1.82) is 0 Å². The Bertz CT molecular complexity index is 434. The van der Waals surface area contributed by atoms with E-state index in [-0.39, 0.29) is 0 Å². The van der Waals surface area contributed by atoms with E-state index >= 15 is 0 Å². The molecule has 0 aliphatic heterocycles.